The van der Waals surface area contributed by atoms with Gasteiger partial charge in [0, 0.05) is 18.0 Å². The molecule has 1 aromatic carbocycles. The highest BCUT2D eigenvalue weighted by Gasteiger charge is 2.78. The first-order valence-corrected chi connectivity index (χ1v) is 13.0. The quantitative estimate of drug-likeness (QED) is 0.383. The Bertz CT molecular complexity index is 1020. The number of benzene rings is 1. The average Bonchev–Trinajstić information content (AvgIpc) is 3.45. The zero-order valence-electron chi connectivity index (χ0n) is 20.9. The number of esters is 1. The molecular formula is C29H37NO5. The van der Waals surface area contributed by atoms with Crippen molar-refractivity contribution in [2.45, 2.75) is 82.3 Å². The predicted molar refractivity (Wildman–Crippen MR) is 132 cm³/mol. The second-order valence-corrected chi connectivity index (χ2v) is 11.2. The first-order chi connectivity index (χ1) is 16.8. The molecule has 3 heterocycles. The van der Waals surface area contributed by atoms with E-state index >= 15 is 0 Å². The van der Waals surface area contributed by atoms with Gasteiger partial charge in [0.2, 0.25) is 5.60 Å². The fraction of sp³-hybridized carbons (Fsp3) is 0.586. The van der Waals surface area contributed by atoms with E-state index < -0.39 is 17.7 Å². The van der Waals surface area contributed by atoms with E-state index in [-0.39, 0.29) is 41.4 Å². The number of nitrogens with one attached hydrogen (secondary N) is 1. The monoisotopic (exact) mass is 479 g/mol. The molecule has 1 amide bonds. The molecule has 3 aliphatic heterocycles. The molecule has 6 heteroatoms. The summed E-state index contributed by atoms with van der Waals surface area (Å²) < 4.78 is 12.5. The number of fused-ring (bicyclic) bond motifs is 2. The van der Waals surface area contributed by atoms with Crippen molar-refractivity contribution in [3.05, 3.63) is 60.2 Å². The lowest BCUT2D eigenvalue weighted by Crippen LogP contribution is -2.61. The Morgan fingerprint density at radius 2 is 1.89 bits per heavy atom. The Labute approximate surface area is 207 Å². The summed E-state index contributed by atoms with van der Waals surface area (Å²) in [5.41, 5.74) is -0.586. The number of hydrogen-bond donors (Lipinski definition) is 2. The first-order valence-electron chi connectivity index (χ1n) is 13.0. The van der Waals surface area contributed by atoms with Crippen molar-refractivity contribution in [1.82, 2.24) is 5.32 Å². The molecule has 0 radical (unpaired) electrons. The smallest absolute Gasteiger partial charge is 0.331 e. The summed E-state index contributed by atoms with van der Waals surface area (Å²) in [5, 5.41) is 13.5. The highest BCUT2D eigenvalue weighted by molar-refractivity contribution is 5.94. The minimum absolute atomic E-state index is 0.00462. The maximum absolute atomic E-state index is 13.8. The van der Waals surface area contributed by atoms with Crippen molar-refractivity contribution >= 4 is 11.9 Å². The Balaban J connectivity index is 1.56. The van der Waals surface area contributed by atoms with Crippen molar-refractivity contribution < 1.29 is 24.2 Å². The molecule has 5 rings (SSSR count). The SMILES string of the molecule is C[C@H]1C/C=C\[C@H]2[C@@H]3O[C@]3(C)[C@@H](C)[C@H]3[C@H](Cc4ccccc4)NC(=O)[C@]32OC(=O)/C=C\[C@H](O)CCC1. The van der Waals surface area contributed by atoms with Gasteiger partial charge in [0.25, 0.3) is 5.91 Å². The van der Waals surface area contributed by atoms with E-state index in [2.05, 4.69) is 50.4 Å². The van der Waals surface area contributed by atoms with Crippen LogP contribution in [0.2, 0.25) is 0 Å². The zero-order chi connectivity index (χ0) is 24.8. The fourth-order valence-electron chi connectivity index (χ4n) is 6.74. The van der Waals surface area contributed by atoms with Gasteiger partial charge < -0.3 is 19.9 Å². The van der Waals surface area contributed by atoms with Crippen LogP contribution in [0.25, 0.3) is 0 Å². The minimum Gasteiger partial charge on any atom is -0.445 e. The van der Waals surface area contributed by atoms with E-state index in [1.54, 1.807) is 0 Å². The van der Waals surface area contributed by atoms with Gasteiger partial charge in [0.1, 0.15) is 0 Å². The maximum atomic E-state index is 13.8. The van der Waals surface area contributed by atoms with Crippen molar-refractivity contribution in [3.63, 3.8) is 0 Å². The third-order valence-corrected chi connectivity index (χ3v) is 8.85. The van der Waals surface area contributed by atoms with Crippen molar-refractivity contribution in [3.8, 4) is 0 Å². The number of aliphatic hydroxyl groups is 1. The summed E-state index contributed by atoms with van der Waals surface area (Å²) >= 11 is 0. The lowest BCUT2D eigenvalue weighted by molar-refractivity contribution is -0.177. The Morgan fingerprint density at radius 1 is 1.11 bits per heavy atom. The number of aliphatic hydroxyl groups excluding tert-OH is 1. The normalized spacial score (nSPS) is 45.1. The van der Waals surface area contributed by atoms with Crippen LogP contribution in [0, 0.1) is 23.7 Å². The van der Waals surface area contributed by atoms with Crippen LogP contribution in [-0.2, 0) is 25.5 Å². The number of amides is 1. The number of rotatable bonds is 2. The number of carbonyl (C=O) groups excluding carboxylic acids is 2. The molecule has 4 aliphatic rings. The molecule has 1 aromatic rings. The Kier molecular flexibility index (Phi) is 6.39. The average molecular weight is 480 g/mol. The second kappa shape index (κ2) is 9.21. The number of allylic oxidation sites excluding steroid dienone is 1. The molecule has 0 aromatic heterocycles. The van der Waals surface area contributed by atoms with Crippen LogP contribution in [0.4, 0.5) is 0 Å². The molecule has 35 heavy (non-hydrogen) atoms. The van der Waals surface area contributed by atoms with E-state index in [4.69, 9.17) is 9.47 Å². The van der Waals surface area contributed by atoms with E-state index in [0.29, 0.717) is 18.8 Å². The van der Waals surface area contributed by atoms with Gasteiger partial charge in [-0.1, -0.05) is 69.2 Å². The van der Waals surface area contributed by atoms with Crippen LogP contribution < -0.4 is 5.32 Å². The number of hydrogen-bond acceptors (Lipinski definition) is 5. The van der Waals surface area contributed by atoms with Gasteiger partial charge >= 0.3 is 5.97 Å². The van der Waals surface area contributed by atoms with Crippen molar-refractivity contribution in [1.29, 1.82) is 0 Å². The molecule has 1 aliphatic carbocycles. The summed E-state index contributed by atoms with van der Waals surface area (Å²) in [7, 11) is 0. The molecule has 2 N–H and O–H groups in total. The lowest BCUT2D eigenvalue weighted by atomic mass is 9.59. The second-order valence-electron chi connectivity index (χ2n) is 11.2. The number of carbonyl (C=O) groups is 2. The van der Waals surface area contributed by atoms with Gasteiger partial charge in [-0.15, -0.1) is 0 Å². The van der Waals surface area contributed by atoms with Crippen molar-refractivity contribution in [2.75, 3.05) is 0 Å². The summed E-state index contributed by atoms with van der Waals surface area (Å²) in [6.45, 7) is 6.44. The highest BCUT2D eigenvalue weighted by Crippen LogP contribution is 2.63. The lowest BCUT2D eigenvalue weighted by Gasteiger charge is -2.45. The van der Waals surface area contributed by atoms with E-state index in [9.17, 15) is 14.7 Å². The van der Waals surface area contributed by atoms with Crippen LogP contribution in [0.5, 0.6) is 0 Å². The van der Waals surface area contributed by atoms with Crippen LogP contribution in [0.1, 0.15) is 52.0 Å². The minimum atomic E-state index is -1.35. The molecule has 1 saturated carbocycles. The largest absolute Gasteiger partial charge is 0.445 e. The topological polar surface area (TPSA) is 88.2 Å². The Morgan fingerprint density at radius 3 is 2.66 bits per heavy atom. The molecule has 2 saturated heterocycles. The van der Waals surface area contributed by atoms with Gasteiger partial charge in [-0.25, -0.2) is 4.79 Å². The van der Waals surface area contributed by atoms with Gasteiger partial charge in [-0.2, -0.15) is 0 Å². The van der Waals surface area contributed by atoms with Crippen molar-refractivity contribution in [2.24, 2.45) is 23.7 Å². The van der Waals surface area contributed by atoms with E-state index in [1.165, 1.54) is 12.2 Å². The summed E-state index contributed by atoms with van der Waals surface area (Å²) in [5.74, 6) is -0.996. The number of ether oxygens (including phenoxy) is 2. The summed E-state index contributed by atoms with van der Waals surface area (Å²) in [4.78, 5) is 26.9. The molecule has 0 bridgehead atoms. The molecular weight excluding hydrogens is 442 g/mol. The third-order valence-electron chi connectivity index (χ3n) is 8.85. The molecule has 188 valence electrons. The van der Waals surface area contributed by atoms with E-state index in [0.717, 1.165) is 24.8 Å². The van der Waals surface area contributed by atoms with Crippen LogP contribution >= 0.6 is 0 Å². The van der Waals surface area contributed by atoms with Crippen LogP contribution in [0.15, 0.2) is 54.6 Å². The zero-order valence-corrected chi connectivity index (χ0v) is 20.9. The molecule has 3 fully saturated rings. The third kappa shape index (κ3) is 4.25. The van der Waals surface area contributed by atoms with Gasteiger partial charge in [0.05, 0.1) is 23.7 Å². The molecule has 0 unspecified atom stereocenters. The standard InChI is InChI=1S/C29H37NO5/c1-18-9-7-13-21(31)15-16-24(32)34-29-22(14-8-10-18)26-28(3,35-26)19(2)25(29)23(30-27(29)33)17-20-11-5-4-6-12-20/h4-6,8,11-12,14-16,18-19,21-23,25-26,31H,7,9-10,13,17H2,1-3H3,(H,30,33)/b14-8-,16-15-/t18-,19+,21-,22+,23+,25+,26+,28-,29-/m1/s1. The first kappa shape index (κ1) is 24.3. The van der Waals surface area contributed by atoms with Crippen LogP contribution in [0.3, 0.4) is 0 Å². The maximum Gasteiger partial charge on any atom is 0.331 e. The van der Waals surface area contributed by atoms with Crippen LogP contribution in [-0.4, -0.2) is 46.4 Å². The van der Waals surface area contributed by atoms with Gasteiger partial charge in [-0.05, 0) is 49.7 Å². The predicted octanol–water partition coefficient (Wildman–Crippen LogP) is 3.73. The van der Waals surface area contributed by atoms with Gasteiger partial charge in [0.15, 0.2) is 0 Å². The van der Waals surface area contributed by atoms with Gasteiger partial charge in [-0.3, -0.25) is 4.79 Å². The number of epoxide rings is 1. The molecule has 1 spiro atoms. The Hall–Kier alpha value is -2.44. The van der Waals surface area contributed by atoms with E-state index in [1.807, 2.05) is 18.2 Å². The fourth-order valence-corrected chi connectivity index (χ4v) is 6.74. The summed E-state index contributed by atoms with van der Waals surface area (Å²) in [6.07, 6.45) is 10.1. The molecule has 6 nitrogen and oxygen atoms in total. The highest BCUT2D eigenvalue weighted by atomic mass is 16.6. The summed E-state index contributed by atoms with van der Waals surface area (Å²) in [6, 6.07) is 9.91. The molecule has 9 atom stereocenters.